The fourth-order valence-corrected chi connectivity index (χ4v) is 3.47. The predicted molar refractivity (Wildman–Crippen MR) is 96.5 cm³/mol. The lowest BCUT2D eigenvalue weighted by Gasteiger charge is -2.11. The van der Waals surface area contributed by atoms with Crippen LogP contribution in [0.3, 0.4) is 0 Å². The van der Waals surface area contributed by atoms with E-state index in [-0.39, 0.29) is 11.7 Å². The van der Waals surface area contributed by atoms with Crippen LogP contribution in [0.2, 0.25) is 0 Å². The molecule has 23 heavy (non-hydrogen) atoms. The van der Waals surface area contributed by atoms with E-state index in [9.17, 15) is 13.2 Å². The number of benzene rings is 2. The second kappa shape index (κ2) is 7.27. The Kier molecular flexibility index (Phi) is 5.59. The molecule has 0 unspecified atom stereocenters. The van der Waals surface area contributed by atoms with Gasteiger partial charge in [0.1, 0.15) is 0 Å². The van der Waals surface area contributed by atoms with Gasteiger partial charge in [-0.25, -0.2) is 8.42 Å². The maximum absolute atomic E-state index is 12.4. The fourth-order valence-electron chi connectivity index (χ4n) is 2.28. The van der Waals surface area contributed by atoms with Gasteiger partial charge in [-0.15, -0.1) is 0 Å². The second-order valence-corrected chi connectivity index (χ2v) is 8.44. The van der Waals surface area contributed by atoms with Crippen LogP contribution in [0.15, 0.2) is 46.9 Å². The van der Waals surface area contributed by atoms with Crippen molar-refractivity contribution in [1.29, 1.82) is 0 Å². The van der Waals surface area contributed by atoms with Crippen LogP contribution in [-0.2, 0) is 22.0 Å². The summed E-state index contributed by atoms with van der Waals surface area (Å²) in [5.41, 5.74) is 2.83. The third kappa shape index (κ3) is 5.18. The molecular weight excluding hydrogens is 378 g/mol. The normalized spacial score (nSPS) is 11.3. The van der Waals surface area contributed by atoms with Crippen molar-refractivity contribution >= 4 is 37.4 Å². The second-order valence-electron chi connectivity index (χ2n) is 5.38. The average Bonchev–Trinajstić information content (AvgIpc) is 2.47. The van der Waals surface area contributed by atoms with E-state index < -0.39 is 9.84 Å². The van der Waals surface area contributed by atoms with Crippen LogP contribution in [0.4, 0.5) is 5.69 Å². The van der Waals surface area contributed by atoms with E-state index in [0.717, 1.165) is 22.1 Å². The van der Waals surface area contributed by atoms with E-state index in [2.05, 4.69) is 21.2 Å². The highest BCUT2D eigenvalue weighted by molar-refractivity contribution is 9.10. The molecule has 0 heterocycles. The number of rotatable bonds is 5. The molecule has 0 saturated heterocycles. The van der Waals surface area contributed by atoms with Crippen LogP contribution in [0.5, 0.6) is 0 Å². The molecule has 6 heteroatoms. The third-order valence-corrected chi connectivity index (χ3v) is 4.67. The maximum Gasteiger partial charge on any atom is 0.255 e. The van der Waals surface area contributed by atoms with Gasteiger partial charge in [0.15, 0.2) is 9.84 Å². The molecule has 1 amide bonds. The lowest BCUT2D eigenvalue weighted by atomic mass is 10.1. The van der Waals surface area contributed by atoms with Gasteiger partial charge in [0.25, 0.3) is 5.91 Å². The summed E-state index contributed by atoms with van der Waals surface area (Å²) in [6.07, 6.45) is 1.97. The van der Waals surface area contributed by atoms with Gasteiger partial charge < -0.3 is 5.32 Å². The monoisotopic (exact) mass is 395 g/mol. The van der Waals surface area contributed by atoms with Crippen molar-refractivity contribution in [2.24, 2.45) is 0 Å². The van der Waals surface area contributed by atoms with Gasteiger partial charge in [0.05, 0.1) is 5.75 Å². The minimum absolute atomic E-state index is 0.0768. The van der Waals surface area contributed by atoms with Crippen molar-refractivity contribution in [2.75, 3.05) is 11.6 Å². The van der Waals surface area contributed by atoms with E-state index in [1.807, 2.05) is 25.1 Å². The Balaban J connectivity index is 2.23. The fraction of sp³-hybridized carbons (Fsp3) is 0.235. The Bertz CT molecular complexity index is 831. The minimum atomic E-state index is -3.13. The molecule has 2 rings (SSSR count). The van der Waals surface area contributed by atoms with E-state index in [1.165, 1.54) is 6.26 Å². The highest BCUT2D eigenvalue weighted by Gasteiger charge is 2.11. The van der Waals surface area contributed by atoms with Crippen LogP contribution in [0.1, 0.15) is 28.4 Å². The smallest absolute Gasteiger partial charge is 0.255 e. The van der Waals surface area contributed by atoms with Crippen LogP contribution < -0.4 is 5.32 Å². The highest BCUT2D eigenvalue weighted by atomic mass is 79.9. The molecule has 122 valence electrons. The molecular formula is C17H18BrNO3S. The lowest BCUT2D eigenvalue weighted by molar-refractivity contribution is 0.102. The molecule has 1 N–H and O–H groups in total. The molecule has 0 aliphatic carbocycles. The predicted octanol–water partition coefficient (Wildman–Crippen LogP) is 3.81. The summed E-state index contributed by atoms with van der Waals surface area (Å²) in [5, 5.41) is 2.89. The summed E-state index contributed by atoms with van der Waals surface area (Å²) in [4.78, 5) is 12.4. The van der Waals surface area contributed by atoms with Gasteiger partial charge in [-0.3, -0.25) is 4.79 Å². The molecule has 0 aliphatic rings. The number of carbonyl (C=O) groups is 1. The summed E-state index contributed by atoms with van der Waals surface area (Å²) in [7, 11) is -3.13. The summed E-state index contributed by atoms with van der Waals surface area (Å²) < 4.78 is 23.7. The molecule has 0 aliphatic heterocycles. The Morgan fingerprint density at radius 2 is 1.91 bits per heavy atom. The van der Waals surface area contributed by atoms with E-state index >= 15 is 0 Å². The number of nitrogens with one attached hydrogen (secondary N) is 1. The average molecular weight is 396 g/mol. The van der Waals surface area contributed by atoms with Crippen LogP contribution in [0.25, 0.3) is 0 Å². The van der Waals surface area contributed by atoms with Gasteiger partial charge in [0, 0.05) is 22.0 Å². The number of halogens is 1. The topological polar surface area (TPSA) is 63.2 Å². The van der Waals surface area contributed by atoms with Crippen LogP contribution in [-0.4, -0.2) is 20.6 Å². The van der Waals surface area contributed by atoms with E-state index in [0.29, 0.717) is 11.1 Å². The molecule has 2 aromatic rings. The van der Waals surface area contributed by atoms with Crippen molar-refractivity contribution in [1.82, 2.24) is 0 Å². The van der Waals surface area contributed by atoms with Crippen molar-refractivity contribution in [2.45, 2.75) is 19.1 Å². The first-order valence-corrected chi connectivity index (χ1v) is 10.0. The number of amides is 1. The Morgan fingerprint density at radius 3 is 2.57 bits per heavy atom. The zero-order valence-corrected chi connectivity index (χ0v) is 15.4. The number of sulfone groups is 1. The lowest BCUT2D eigenvalue weighted by Crippen LogP contribution is -2.14. The SMILES string of the molecule is CCc1cc(Br)ccc1NC(=O)c1cccc(CS(C)(=O)=O)c1. The summed E-state index contributed by atoms with van der Waals surface area (Å²) in [6.45, 7) is 2.02. The van der Waals surface area contributed by atoms with Gasteiger partial charge in [-0.1, -0.05) is 35.0 Å². The molecule has 2 aromatic carbocycles. The zero-order chi connectivity index (χ0) is 17.0. The largest absolute Gasteiger partial charge is 0.322 e. The molecule has 0 bridgehead atoms. The Hall–Kier alpha value is -1.66. The molecule has 4 nitrogen and oxygen atoms in total. The van der Waals surface area contributed by atoms with E-state index in [1.54, 1.807) is 24.3 Å². The summed E-state index contributed by atoms with van der Waals surface area (Å²) in [6, 6.07) is 12.4. The Labute approximate surface area is 145 Å². The molecule has 0 saturated carbocycles. The summed E-state index contributed by atoms with van der Waals surface area (Å²) >= 11 is 3.42. The quantitative estimate of drug-likeness (QED) is 0.836. The zero-order valence-electron chi connectivity index (χ0n) is 13.0. The van der Waals surface area contributed by atoms with Gasteiger partial charge in [0.2, 0.25) is 0 Å². The van der Waals surface area contributed by atoms with E-state index in [4.69, 9.17) is 0 Å². The molecule has 0 aromatic heterocycles. The van der Waals surface area contributed by atoms with Crippen molar-refractivity contribution in [3.8, 4) is 0 Å². The van der Waals surface area contributed by atoms with Crippen LogP contribution >= 0.6 is 15.9 Å². The standard InChI is InChI=1S/C17H18BrNO3S/c1-3-13-10-15(18)7-8-16(13)19-17(20)14-6-4-5-12(9-14)11-23(2,21)22/h4-10H,3,11H2,1-2H3,(H,19,20). The first kappa shape index (κ1) is 17.7. The first-order valence-electron chi connectivity index (χ1n) is 7.15. The number of aryl methyl sites for hydroxylation is 1. The van der Waals surface area contributed by atoms with Gasteiger partial charge >= 0.3 is 0 Å². The van der Waals surface area contributed by atoms with Crippen LogP contribution in [0, 0.1) is 0 Å². The number of carbonyl (C=O) groups excluding carboxylic acids is 1. The summed E-state index contributed by atoms with van der Waals surface area (Å²) in [5.74, 6) is -0.329. The van der Waals surface area contributed by atoms with Crippen molar-refractivity contribution < 1.29 is 13.2 Å². The number of hydrogen-bond donors (Lipinski definition) is 1. The minimum Gasteiger partial charge on any atom is -0.322 e. The number of anilines is 1. The van der Waals surface area contributed by atoms with Crippen molar-refractivity contribution in [3.63, 3.8) is 0 Å². The first-order chi connectivity index (χ1) is 10.8. The van der Waals surface area contributed by atoms with Gasteiger partial charge in [-0.2, -0.15) is 0 Å². The van der Waals surface area contributed by atoms with Gasteiger partial charge in [-0.05, 0) is 47.9 Å². The molecule has 0 atom stereocenters. The number of hydrogen-bond acceptors (Lipinski definition) is 3. The molecule has 0 spiro atoms. The third-order valence-electron chi connectivity index (χ3n) is 3.31. The van der Waals surface area contributed by atoms with Crippen molar-refractivity contribution in [3.05, 3.63) is 63.6 Å². The molecule has 0 radical (unpaired) electrons. The molecule has 0 fully saturated rings. The maximum atomic E-state index is 12.4. The highest BCUT2D eigenvalue weighted by Crippen LogP contribution is 2.22. The Morgan fingerprint density at radius 1 is 1.17 bits per heavy atom.